The molecular formula is C26H37N7O3. The van der Waals surface area contributed by atoms with Gasteiger partial charge in [0, 0.05) is 70.3 Å². The molecule has 3 aromatic heterocycles. The van der Waals surface area contributed by atoms with Crippen LogP contribution >= 0.6 is 0 Å². The van der Waals surface area contributed by atoms with Gasteiger partial charge >= 0.3 is 6.09 Å². The van der Waals surface area contributed by atoms with Crippen molar-refractivity contribution in [3.63, 3.8) is 0 Å². The van der Waals surface area contributed by atoms with Crippen molar-refractivity contribution in [3.05, 3.63) is 37.1 Å². The quantitative estimate of drug-likeness (QED) is 0.520. The lowest BCUT2D eigenvalue weighted by molar-refractivity contribution is 0.0240. The molecule has 0 spiro atoms. The topological polar surface area (TPSA) is 80.4 Å². The van der Waals surface area contributed by atoms with Crippen molar-refractivity contribution < 1.29 is 14.3 Å². The summed E-state index contributed by atoms with van der Waals surface area (Å²) in [5.41, 5.74) is 3.64. The molecule has 10 heteroatoms. The molecule has 10 nitrogen and oxygen atoms in total. The number of anilines is 1. The first-order valence-electron chi connectivity index (χ1n) is 12.9. The number of piperazine rings is 1. The van der Waals surface area contributed by atoms with Crippen LogP contribution < -0.4 is 4.90 Å². The van der Waals surface area contributed by atoms with Crippen LogP contribution in [0.4, 0.5) is 10.5 Å². The number of aryl methyl sites for hydroxylation is 1. The number of hydrogen-bond donors (Lipinski definition) is 0. The van der Waals surface area contributed by atoms with Crippen LogP contribution in [0.25, 0.3) is 16.8 Å². The van der Waals surface area contributed by atoms with Crippen molar-refractivity contribution >= 4 is 17.3 Å². The molecule has 0 bridgehead atoms. The summed E-state index contributed by atoms with van der Waals surface area (Å²) < 4.78 is 15.0. The highest BCUT2D eigenvalue weighted by Gasteiger charge is 2.27. The summed E-state index contributed by atoms with van der Waals surface area (Å²) in [6.07, 6.45) is 8.83. The van der Waals surface area contributed by atoms with Crippen molar-refractivity contribution in [2.75, 3.05) is 63.9 Å². The largest absolute Gasteiger partial charge is 0.444 e. The fraction of sp³-hybridized carbons (Fsp3) is 0.577. The lowest BCUT2D eigenvalue weighted by Crippen LogP contribution is -2.50. The number of pyridine rings is 1. The number of amides is 1. The van der Waals surface area contributed by atoms with Crippen molar-refractivity contribution in [1.82, 2.24) is 29.0 Å². The predicted molar refractivity (Wildman–Crippen MR) is 138 cm³/mol. The Kier molecular flexibility index (Phi) is 7.15. The number of aromatic nitrogens is 4. The number of nitrogens with zero attached hydrogens (tertiary/aromatic N) is 7. The van der Waals surface area contributed by atoms with Crippen LogP contribution in [-0.2, 0) is 16.0 Å². The van der Waals surface area contributed by atoms with Crippen LogP contribution in [0.2, 0.25) is 0 Å². The van der Waals surface area contributed by atoms with Crippen molar-refractivity contribution in [1.29, 1.82) is 0 Å². The number of fused-ring (bicyclic) bond motifs is 1. The third kappa shape index (κ3) is 5.82. The van der Waals surface area contributed by atoms with Crippen LogP contribution in [0.5, 0.6) is 0 Å². The van der Waals surface area contributed by atoms with E-state index >= 15 is 0 Å². The molecule has 0 aliphatic carbocycles. The smallest absolute Gasteiger partial charge is 0.410 e. The minimum atomic E-state index is -0.479. The molecule has 0 radical (unpaired) electrons. The van der Waals surface area contributed by atoms with Crippen molar-refractivity contribution in [2.24, 2.45) is 0 Å². The van der Waals surface area contributed by atoms with Crippen LogP contribution in [0, 0.1) is 0 Å². The Morgan fingerprint density at radius 3 is 2.56 bits per heavy atom. The summed E-state index contributed by atoms with van der Waals surface area (Å²) in [7, 11) is 0. The molecule has 3 aromatic rings. The van der Waals surface area contributed by atoms with Gasteiger partial charge in [-0.05, 0) is 39.3 Å². The first-order valence-corrected chi connectivity index (χ1v) is 12.9. The molecule has 1 amide bonds. The van der Waals surface area contributed by atoms with Crippen LogP contribution in [0.1, 0.15) is 27.2 Å². The van der Waals surface area contributed by atoms with Gasteiger partial charge in [-0.2, -0.15) is 5.10 Å². The SMILES string of the molecule is CC(C)(C)OC(=O)N1CCN(c2cnn3cc(-c4cn(CCCN5CCOCC5)cn4)ccc23)CC1. The summed E-state index contributed by atoms with van der Waals surface area (Å²) in [6, 6.07) is 4.22. The number of imidazole rings is 1. The third-order valence-corrected chi connectivity index (χ3v) is 6.69. The van der Waals surface area contributed by atoms with E-state index in [2.05, 4.69) is 42.8 Å². The summed E-state index contributed by atoms with van der Waals surface area (Å²) in [6.45, 7) is 14.2. The van der Waals surface area contributed by atoms with Gasteiger partial charge in [0.15, 0.2) is 0 Å². The van der Waals surface area contributed by atoms with Gasteiger partial charge in [0.2, 0.25) is 0 Å². The van der Waals surface area contributed by atoms with E-state index in [9.17, 15) is 4.79 Å². The number of carbonyl (C=O) groups excluding carboxylic acids is 1. The standard InChI is InChI=1S/C26H37N7O3/c1-26(2,3)36-25(34)32-11-9-31(10-12-32)24-17-28-33-18-21(5-6-23(24)33)22-19-30(20-27-22)8-4-7-29-13-15-35-16-14-29/h5-6,17-20H,4,7-16H2,1-3H3. The highest BCUT2D eigenvalue weighted by molar-refractivity contribution is 5.75. The Morgan fingerprint density at radius 2 is 1.81 bits per heavy atom. The molecule has 2 fully saturated rings. The molecule has 0 saturated carbocycles. The number of rotatable bonds is 6. The molecule has 0 aromatic carbocycles. The Hall–Kier alpha value is -3.11. The molecule has 5 rings (SSSR count). The molecule has 36 heavy (non-hydrogen) atoms. The molecule has 0 unspecified atom stereocenters. The number of morpholine rings is 1. The van der Waals surface area contributed by atoms with Gasteiger partial charge in [0.25, 0.3) is 0 Å². The average molecular weight is 496 g/mol. The Morgan fingerprint density at radius 1 is 1.03 bits per heavy atom. The molecule has 194 valence electrons. The minimum Gasteiger partial charge on any atom is -0.444 e. The maximum absolute atomic E-state index is 12.4. The number of ether oxygens (including phenoxy) is 2. The first-order chi connectivity index (χ1) is 17.4. The Labute approximate surface area is 212 Å². The fourth-order valence-electron chi connectivity index (χ4n) is 4.76. The molecule has 2 aliphatic rings. The van der Waals surface area contributed by atoms with Gasteiger partial charge in [-0.1, -0.05) is 0 Å². The zero-order valence-electron chi connectivity index (χ0n) is 21.6. The second-order valence-corrected chi connectivity index (χ2v) is 10.5. The third-order valence-electron chi connectivity index (χ3n) is 6.69. The fourth-order valence-corrected chi connectivity index (χ4v) is 4.76. The van der Waals surface area contributed by atoms with Gasteiger partial charge in [-0.15, -0.1) is 0 Å². The van der Waals surface area contributed by atoms with Crippen LogP contribution in [-0.4, -0.2) is 99.7 Å². The summed E-state index contributed by atoms with van der Waals surface area (Å²) in [4.78, 5) is 23.5. The van der Waals surface area contributed by atoms with E-state index in [1.807, 2.05) is 44.0 Å². The van der Waals surface area contributed by atoms with Gasteiger partial charge < -0.3 is 23.8 Å². The number of hydrogen-bond acceptors (Lipinski definition) is 7. The highest BCUT2D eigenvalue weighted by atomic mass is 16.6. The van der Waals surface area contributed by atoms with E-state index in [1.54, 1.807) is 4.90 Å². The molecule has 0 N–H and O–H groups in total. The van der Waals surface area contributed by atoms with E-state index in [0.29, 0.717) is 13.1 Å². The predicted octanol–water partition coefficient (Wildman–Crippen LogP) is 2.98. The monoisotopic (exact) mass is 495 g/mol. The highest BCUT2D eigenvalue weighted by Crippen LogP contribution is 2.26. The first kappa shape index (κ1) is 24.6. The van der Waals surface area contributed by atoms with E-state index in [1.165, 1.54) is 0 Å². The van der Waals surface area contributed by atoms with E-state index < -0.39 is 5.60 Å². The molecule has 0 atom stereocenters. The van der Waals surface area contributed by atoms with Crippen molar-refractivity contribution in [2.45, 2.75) is 39.3 Å². The van der Waals surface area contributed by atoms with Gasteiger partial charge in [0.05, 0.1) is 42.6 Å². The van der Waals surface area contributed by atoms with E-state index in [0.717, 1.165) is 81.4 Å². The normalized spacial score (nSPS) is 17.6. The lowest BCUT2D eigenvalue weighted by Gasteiger charge is -2.36. The summed E-state index contributed by atoms with van der Waals surface area (Å²) in [5.74, 6) is 0. The van der Waals surface area contributed by atoms with Gasteiger partial charge in [-0.25, -0.2) is 14.3 Å². The molecule has 5 heterocycles. The van der Waals surface area contributed by atoms with Gasteiger partial charge in [-0.3, -0.25) is 4.90 Å². The zero-order chi connectivity index (χ0) is 25.1. The average Bonchev–Trinajstić information content (AvgIpc) is 3.51. The molecule has 2 saturated heterocycles. The Bertz CT molecular complexity index is 1170. The second kappa shape index (κ2) is 10.5. The summed E-state index contributed by atoms with van der Waals surface area (Å²) >= 11 is 0. The lowest BCUT2D eigenvalue weighted by atomic mass is 10.2. The zero-order valence-corrected chi connectivity index (χ0v) is 21.6. The van der Waals surface area contributed by atoms with E-state index in [4.69, 9.17) is 9.47 Å². The maximum Gasteiger partial charge on any atom is 0.410 e. The maximum atomic E-state index is 12.4. The minimum absolute atomic E-state index is 0.243. The van der Waals surface area contributed by atoms with Crippen LogP contribution in [0.3, 0.4) is 0 Å². The molecular weight excluding hydrogens is 458 g/mol. The van der Waals surface area contributed by atoms with E-state index in [-0.39, 0.29) is 6.09 Å². The van der Waals surface area contributed by atoms with Crippen molar-refractivity contribution in [3.8, 4) is 11.3 Å². The van der Waals surface area contributed by atoms with Crippen LogP contribution in [0.15, 0.2) is 37.1 Å². The molecule has 2 aliphatic heterocycles. The number of carbonyl (C=O) groups is 1. The summed E-state index contributed by atoms with van der Waals surface area (Å²) in [5, 5.41) is 4.61. The van der Waals surface area contributed by atoms with Gasteiger partial charge in [0.1, 0.15) is 5.60 Å². The second-order valence-electron chi connectivity index (χ2n) is 10.5. The Balaban J connectivity index is 1.18.